The number of ether oxygens (including phenoxy) is 1. The van der Waals surface area contributed by atoms with Gasteiger partial charge in [-0.25, -0.2) is 0 Å². The molecular formula is C11H12O3. The normalized spacial score (nSPS) is 26.2. The van der Waals surface area contributed by atoms with E-state index in [9.17, 15) is 4.79 Å². The lowest BCUT2D eigenvalue weighted by molar-refractivity contribution is -0.155. The van der Waals surface area contributed by atoms with Crippen LogP contribution in [0.4, 0.5) is 0 Å². The van der Waals surface area contributed by atoms with Crippen LogP contribution in [0.25, 0.3) is 0 Å². The Morgan fingerprint density at radius 2 is 2.07 bits per heavy atom. The first-order chi connectivity index (χ1) is 6.75. The number of cyclic esters (lactones) is 1. The van der Waals surface area contributed by atoms with E-state index in [1.165, 1.54) is 0 Å². The second-order valence-corrected chi connectivity index (χ2v) is 3.51. The Morgan fingerprint density at radius 3 is 2.64 bits per heavy atom. The number of esters is 1. The van der Waals surface area contributed by atoms with Gasteiger partial charge in [-0.2, -0.15) is 0 Å². The molecule has 0 radical (unpaired) electrons. The van der Waals surface area contributed by atoms with Gasteiger partial charge >= 0.3 is 5.97 Å². The first-order valence-corrected chi connectivity index (χ1v) is 4.68. The summed E-state index contributed by atoms with van der Waals surface area (Å²) in [6.07, 6.45) is 0.154. The standard InChI is InChI=1S/C11H12O3/c12-10-7-9(11(13)14-10)6-8-4-2-1-3-5-8/h1-5,9-10,12H,6-7H2/t9-,10+/m0/s1. The molecule has 1 aromatic rings. The first kappa shape index (κ1) is 9.21. The van der Waals surface area contributed by atoms with Crippen molar-refractivity contribution < 1.29 is 14.6 Å². The van der Waals surface area contributed by atoms with Crippen molar-refractivity contribution in [2.24, 2.45) is 5.92 Å². The number of aliphatic hydroxyl groups excluding tert-OH is 1. The molecule has 0 aliphatic carbocycles. The molecule has 1 fully saturated rings. The highest BCUT2D eigenvalue weighted by Crippen LogP contribution is 2.23. The molecule has 2 rings (SSSR count). The second-order valence-electron chi connectivity index (χ2n) is 3.51. The number of aliphatic hydroxyl groups is 1. The largest absolute Gasteiger partial charge is 0.436 e. The molecule has 1 aromatic carbocycles. The monoisotopic (exact) mass is 192 g/mol. The molecule has 1 N–H and O–H groups in total. The van der Waals surface area contributed by atoms with Crippen molar-refractivity contribution in [1.82, 2.24) is 0 Å². The Morgan fingerprint density at radius 1 is 1.36 bits per heavy atom. The number of carbonyl (C=O) groups is 1. The summed E-state index contributed by atoms with van der Waals surface area (Å²) in [6, 6.07) is 9.75. The van der Waals surface area contributed by atoms with Gasteiger partial charge in [-0.15, -0.1) is 0 Å². The molecule has 1 heterocycles. The molecule has 1 aliphatic rings. The van der Waals surface area contributed by atoms with Crippen LogP contribution in [0.1, 0.15) is 12.0 Å². The fraction of sp³-hybridized carbons (Fsp3) is 0.364. The third-order valence-corrected chi connectivity index (χ3v) is 2.40. The maximum absolute atomic E-state index is 11.2. The van der Waals surface area contributed by atoms with Gasteiger partial charge < -0.3 is 9.84 Å². The molecule has 74 valence electrons. The summed E-state index contributed by atoms with van der Waals surface area (Å²) in [5, 5.41) is 9.10. The van der Waals surface area contributed by atoms with Gasteiger partial charge in [-0.05, 0) is 12.0 Å². The summed E-state index contributed by atoms with van der Waals surface area (Å²) in [7, 11) is 0. The fourth-order valence-corrected chi connectivity index (χ4v) is 1.68. The van der Waals surface area contributed by atoms with E-state index in [-0.39, 0.29) is 11.9 Å². The SMILES string of the molecule is O=C1O[C@@H](O)C[C@@H]1Cc1ccccc1. The molecule has 14 heavy (non-hydrogen) atoms. The second kappa shape index (κ2) is 3.80. The fourth-order valence-electron chi connectivity index (χ4n) is 1.68. The molecule has 0 spiro atoms. The van der Waals surface area contributed by atoms with Crippen LogP contribution in [0.15, 0.2) is 30.3 Å². The maximum Gasteiger partial charge on any atom is 0.311 e. The summed E-state index contributed by atoms with van der Waals surface area (Å²) in [4.78, 5) is 11.2. The number of rotatable bonds is 2. The zero-order valence-corrected chi connectivity index (χ0v) is 7.72. The van der Waals surface area contributed by atoms with Crippen LogP contribution in [0.5, 0.6) is 0 Å². The van der Waals surface area contributed by atoms with E-state index in [1.807, 2.05) is 30.3 Å². The molecule has 1 saturated heterocycles. The van der Waals surface area contributed by atoms with Crippen LogP contribution in [-0.4, -0.2) is 17.4 Å². The zero-order valence-electron chi connectivity index (χ0n) is 7.72. The minimum Gasteiger partial charge on any atom is -0.436 e. The molecule has 3 heteroatoms. The number of hydrogen-bond donors (Lipinski definition) is 1. The van der Waals surface area contributed by atoms with Crippen molar-refractivity contribution in [3.05, 3.63) is 35.9 Å². The average Bonchev–Trinajstić information content (AvgIpc) is 2.47. The van der Waals surface area contributed by atoms with Gasteiger partial charge in [-0.3, -0.25) is 4.79 Å². The van der Waals surface area contributed by atoms with E-state index in [4.69, 9.17) is 5.11 Å². The van der Waals surface area contributed by atoms with Crippen molar-refractivity contribution in [3.63, 3.8) is 0 Å². The molecule has 0 unspecified atom stereocenters. The molecular weight excluding hydrogens is 180 g/mol. The van der Waals surface area contributed by atoms with E-state index >= 15 is 0 Å². The van der Waals surface area contributed by atoms with Crippen molar-refractivity contribution >= 4 is 5.97 Å². The minimum atomic E-state index is -0.906. The van der Waals surface area contributed by atoms with E-state index in [2.05, 4.69) is 4.74 Å². The van der Waals surface area contributed by atoms with Gasteiger partial charge in [0.25, 0.3) is 0 Å². The van der Waals surface area contributed by atoms with E-state index in [0.29, 0.717) is 12.8 Å². The molecule has 2 atom stereocenters. The quantitative estimate of drug-likeness (QED) is 0.714. The Balaban J connectivity index is 2.02. The van der Waals surface area contributed by atoms with Gasteiger partial charge in [0.05, 0.1) is 5.92 Å². The summed E-state index contributed by atoms with van der Waals surface area (Å²) < 4.78 is 4.66. The van der Waals surface area contributed by atoms with Gasteiger partial charge in [-0.1, -0.05) is 30.3 Å². The highest BCUT2D eigenvalue weighted by atomic mass is 16.6. The molecule has 3 nitrogen and oxygen atoms in total. The Bertz CT molecular complexity index is 321. The van der Waals surface area contributed by atoms with Gasteiger partial charge in [0.2, 0.25) is 6.29 Å². The highest BCUT2D eigenvalue weighted by Gasteiger charge is 2.32. The third kappa shape index (κ3) is 1.93. The smallest absolute Gasteiger partial charge is 0.311 e. The highest BCUT2D eigenvalue weighted by molar-refractivity contribution is 5.74. The third-order valence-electron chi connectivity index (χ3n) is 2.40. The predicted octanol–water partition coefficient (Wildman–Crippen LogP) is 1.11. The van der Waals surface area contributed by atoms with Crippen molar-refractivity contribution in [2.45, 2.75) is 19.1 Å². The van der Waals surface area contributed by atoms with Crippen LogP contribution in [-0.2, 0) is 16.0 Å². The van der Waals surface area contributed by atoms with Gasteiger partial charge in [0, 0.05) is 6.42 Å². The summed E-state index contributed by atoms with van der Waals surface area (Å²) >= 11 is 0. The topological polar surface area (TPSA) is 46.5 Å². The van der Waals surface area contributed by atoms with Crippen molar-refractivity contribution in [3.8, 4) is 0 Å². The molecule has 0 saturated carbocycles. The number of benzene rings is 1. The summed E-state index contributed by atoms with van der Waals surface area (Å²) in [5.74, 6) is -0.478. The maximum atomic E-state index is 11.2. The lowest BCUT2D eigenvalue weighted by Crippen LogP contribution is -2.10. The van der Waals surface area contributed by atoms with Crippen molar-refractivity contribution in [1.29, 1.82) is 0 Å². The van der Waals surface area contributed by atoms with E-state index in [1.54, 1.807) is 0 Å². The predicted molar refractivity (Wildman–Crippen MR) is 50.4 cm³/mol. The van der Waals surface area contributed by atoms with Crippen LogP contribution >= 0.6 is 0 Å². The lowest BCUT2D eigenvalue weighted by Gasteiger charge is -2.03. The van der Waals surface area contributed by atoms with E-state index < -0.39 is 6.29 Å². The molecule has 0 bridgehead atoms. The summed E-state index contributed by atoms with van der Waals surface area (Å²) in [5.41, 5.74) is 1.10. The van der Waals surface area contributed by atoms with Crippen LogP contribution < -0.4 is 0 Å². The number of carbonyl (C=O) groups excluding carboxylic acids is 1. The van der Waals surface area contributed by atoms with Gasteiger partial charge in [0.1, 0.15) is 0 Å². The number of hydrogen-bond acceptors (Lipinski definition) is 3. The van der Waals surface area contributed by atoms with Crippen LogP contribution in [0.3, 0.4) is 0 Å². The Hall–Kier alpha value is -1.35. The summed E-state index contributed by atoms with van der Waals surface area (Å²) in [6.45, 7) is 0. The minimum absolute atomic E-state index is 0.188. The average molecular weight is 192 g/mol. The van der Waals surface area contributed by atoms with Crippen LogP contribution in [0.2, 0.25) is 0 Å². The molecule has 1 aliphatic heterocycles. The first-order valence-electron chi connectivity index (χ1n) is 4.68. The lowest BCUT2D eigenvalue weighted by atomic mass is 9.98. The van der Waals surface area contributed by atoms with Crippen LogP contribution in [0, 0.1) is 5.92 Å². The van der Waals surface area contributed by atoms with Crippen molar-refractivity contribution in [2.75, 3.05) is 0 Å². The molecule has 0 amide bonds. The molecule has 0 aromatic heterocycles. The van der Waals surface area contributed by atoms with E-state index in [0.717, 1.165) is 5.56 Å². The van der Waals surface area contributed by atoms with Gasteiger partial charge in [0.15, 0.2) is 0 Å². The Labute approximate surface area is 82.3 Å². The Kier molecular flexibility index (Phi) is 2.50. The zero-order chi connectivity index (χ0) is 9.97.